The highest BCUT2D eigenvalue weighted by Crippen LogP contribution is 2.26. The van der Waals surface area contributed by atoms with Crippen molar-refractivity contribution in [2.24, 2.45) is 0 Å². The monoisotopic (exact) mass is 209 g/mol. The number of hydrogen-bond acceptors (Lipinski definition) is 2. The number of rotatable bonds is 3. The molecule has 74 valence electrons. The lowest BCUT2D eigenvalue weighted by Crippen LogP contribution is -1.97. The first-order chi connectivity index (χ1) is 6.74. The van der Waals surface area contributed by atoms with Gasteiger partial charge in [0.25, 0.3) is 0 Å². The minimum Gasteiger partial charge on any atom is -0.491 e. The predicted octanol–water partition coefficient (Wildman–Crippen LogP) is 2.71. The van der Waals surface area contributed by atoms with Crippen molar-refractivity contribution in [2.75, 3.05) is 12.3 Å². The van der Waals surface area contributed by atoms with E-state index in [2.05, 4.69) is 11.8 Å². The highest BCUT2D eigenvalue weighted by molar-refractivity contribution is 6.32. The van der Waals surface area contributed by atoms with E-state index in [4.69, 9.17) is 22.1 Å². The van der Waals surface area contributed by atoms with Gasteiger partial charge in [-0.05, 0) is 19.1 Å². The second-order valence-corrected chi connectivity index (χ2v) is 3.12. The van der Waals surface area contributed by atoms with Crippen LogP contribution in [0.2, 0.25) is 5.02 Å². The molecular formula is C11H12ClNO. The quantitative estimate of drug-likeness (QED) is 0.472. The van der Waals surface area contributed by atoms with Crippen molar-refractivity contribution >= 4 is 17.3 Å². The van der Waals surface area contributed by atoms with Crippen LogP contribution in [0.15, 0.2) is 18.2 Å². The van der Waals surface area contributed by atoms with Gasteiger partial charge in [0.15, 0.2) is 0 Å². The summed E-state index contributed by atoms with van der Waals surface area (Å²) < 4.78 is 5.41. The lowest BCUT2D eigenvalue weighted by atomic mass is 10.3. The summed E-state index contributed by atoms with van der Waals surface area (Å²) in [4.78, 5) is 0. The van der Waals surface area contributed by atoms with Gasteiger partial charge in [0.2, 0.25) is 0 Å². The third-order valence-corrected chi connectivity index (χ3v) is 1.93. The van der Waals surface area contributed by atoms with Crippen molar-refractivity contribution in [3.8, 4) is 17.6 Å². The number of nitrogen functional groups attached to an aromatic ring is 1. The fourth-order valence-corrected chi connectivity index (χ4v) is 1.14. The Kier molecular flexibility index (Phi) is 4.15. The first-order valence-electron chi connectivity index (χ1n) is 4.31. The minimum absolute atomic E-state index is 0.532. The van der Waals surface area contributed by atoms with Crippen LogP contribution in [-0.4, -0.2) is 6.61 Å². The smallest absolute Gasteiger partial charge is 0.139 e. The Morgan fingerprint density at radius 3 is 3.00 bits per heavy atom. The van der Waals surface area contributed by atoms with Gasteiger partial charge in [-0.3, -0.25) is 0 Å². The fraction of sp³-hybridized carbons (Fsp3) is 0.273. The standard InChI is InChI=1S/C11H12ClNO/c1-2-3-4-7-14-11-8-9(13)5-6-10(11)12/h5-6,8H,4,7,13H2,1H3. The number of nitrogens with two attached hydrogens (primary N) is 1. The van der Waals surface area contributed by atoms with Gasteiger partial charge in [-0.1, -0.05) is 11.6 Å². The molecule has 0 aliphatic carbocycles. The van der Waals surface area contributed by atoms with Crippen LogP contribution in [0.4, 0.5) is 5.69 Å². The number of halogens is 1. The maximum absolute atomic E-state index is 5.89. The van der Waals surface area contributed by atoms with Crippen molar-refractivity contribution < 1.29 is 4.74 Å². The molecule has 2 nitrogen and oxygen atoms in total. The summed E-state index contributed by atoms with van der Waals surface area (Å²) in [7, 11) is 0. The third kappa shape index (κ3) is 3.20. The zero-order valence-electron chi connectivity index (χ0n) is 8.01. The average Bonchev–Trinajstić information content (AvgIpc) is 2.18. The van der Waals surface area contributed by atoms with Crippen LogP contribution < -0.4 is 10.5 Å². The summed E-state index contributed by atoms with van der Waals surface area (Å²) in [6.45, 7) is 2.33. The molecule has 0 atom stereocenters. The van der Waals surface area contributed by atoms with Crippen LogP contribution in [0.3, 0.4) is 0 Å². The molecule has 0 aliphatic heterocycles. The molecule has 0 spiro atoms. The van der Waals surface area contributed by atoms with Crippen molar-refractivity contribution in [2.45, 2.75) is 13.3 Å². The molecule has 0 saturated heterocycles. The van der Waals surface area contributed by atoms with Crippen molar-refractivity contribution in [1.29, 1.82) is 0 Å². The summed E-state index contributed by atoms with van der Waals surface area (Å²) in [5.74, 6) is 6.31. The summed E-state index contributed by atoms with van der Waals surface area (Å²) in [6.07, 6.45) is 0.696. The Hall–Kier alpha value is -1.33. The maximum Gasteiger partial charge on any atom is 0.139 e. The van der Waals surface area contributed by atoms with Gasteiger partial charge in [-0.25, -0.2) is 0 Å². The molecule has 0 heterocycles. The first-order valence-corrected chi connectivity index (χ1v) is 4.69. The Labute approximate surface area is 89.0 Å². The van der Waals surface area contributed by atoms with E-state index in [9.17, 15) is 0 Å². The molecule has 1 aromatic carbocycles. The molecule has 0 aromatic heterocycles. The van der Waals surface area contributed by atoms with Gasteiger partial charge >= 0.3 is 0 Å². The lowest BCUT2D eigenvalue weighted by Gasteiger charge is -2.06. The van der Waals surface area contributed by atoms with Crippen LogP contribution in [0, 0.1) is 11.8 Å². The summed E-state index contributed by atoms with van der Waals surface area (Å²) in [5, 5.41) is 0.573. The van der Waals surface area contributed by atoms with Crippen LogP contribution in [0.5, 0.6) is 5.75 Å². The molecule has 0 radical (unpaired) electrons. The second kappa shape index (κ2) is 5.41. The number of anilines is 1. The van der Waals surface area contributed by atoms with Gasteiger partial charge in [0, 0.05) is 18.2 Å². The van der Waals surface area contributed by atoms with E-state index in [1.165, 1.54) is 0 Å². The molecule has 1 aromatic rings. The van der Waals surface area contributed by atoms with E-state index in [0.29, 0.717) is 29.5 Å². The van der Waals surface area contributed by atoms with Crippen molar-refractivity contribution in [3.63, 3.8) is 0 Å². The van der Waals surface area contributed by atoms with Gasteiger partial charge in [0.05, 0.1) is 11.6 Å². The molecule has 1 rings (SSSR count). The van der Waals surface area contributed by atoms with Gasteiger partial charge in [0.1, 0.15) is 5.75 Å². The maximum atomic E-state index is 5.89. The van der Waals surface area contributed by atoms with E-state index in [1.54, 1.807) is 25.1 Å². The molecule has 0 unspecified atom stereocenters. The lowest BCUT2D eigenvalue weighted by molar-refractivity contribution is 0.327. The van der Waals surface area contributed by atoms with Gasteiger partial charge in [-0.15, -0.1) is 11.8 Å². The van der Waals surface area contributed by atoms with Crippen molar-refractivity contribution in [3.05, 3.63) is 23.2 Å². The average molecular weight is 210 g/mol. The summed E-state index contributed by atoms with van der Waals surface area (Å²) >= 11 is 5.89. The zero-order valence-corrected chi connectivity index (χ0v) is 8.77. The Morgan fingerprint density at radius 2 is 2.29 bits per heavy atom. The summed E-state index contributed by atoms with van der Waals surface area (Å²) in [6, 6.07) is 5.17. The highest BCUT2D eigenvalue weighted by Gasteiger charge is 2.00. The number of benzene rings is 1. The van der Waals surface area contributed by atoms with Crippen LogP contribution >= 0.6 is 11.6 Å². The SMILES string of the molecule is CC#CCCOc1cc(N)ccc1Cl. The zero-order chi connectivity index (χ0) is 10.4. The van der Waals surface area contributed by atoms with Crippen LogP contribution in [0.1, 0.15) is 13.3 Å². The van der Waals surface area contributed by atoms with E-state index >= 15 is 0 Å². The highest BCUT2D eigenvalue weighted by atomic mass is 35.5. The normalized spacial score (nSPS) is 9.00. The fourth-order valence-electron chi connectivity index (χ4n) is 0.968. The molecule has 0 bridgehead atoms. The van der Waals surface area contributed by atoms with Crippen LogP contribution in [0.25, 0.3) is 0 Å². The first kappa shape index (κ1) is 10.7. The molecular weight excluding hydrogens is 198 g/mol. The predicted molar refractivity (Wildman–Crippen MR) is 59.4 cm³/mol. The molecule has 14 heavy (non-hydrogen) atoms. The Bertz CT molecular complexity index is 365. The molecule has 0 saturated carbocycles. The van der Waals surface area contributed by atoms with Crippen LogP contribution in [-0.2, 0) is 0 Å². The minimum atomic E-state index is 0.532. The van der Waals surface area contributed by atoms with E-state index in [-0.39, 0.29) is 0 Å². The van der Waals surface area contributed by atoms with Gasteiger partial charge < -0.3 is 10.5 Å². The Morgan fingerprint density at radius 1 is 1.50 bits per heavy atom. The topological polar surface area (TPSA) is 35.2 Å². The third-order valence-electron chi connectivity index (χ3n) is 1.62. The van der Waals surface area contributed by atoms with E-state index < -0.39 is 0 Å². The molecule has 3 heteroatoms. The van der Waals surface area contributed by atoms with Crippen molar-refractivity contribution in [1.82, 2.24) is 0 Å². The van der Waals surface area contributed by atoms with E-state index in [0.717, 1.165) is 0 Å². The number of hydrogen-bond donors (Lipinski definition) is 1. The second-order valence-electron chi connectivity index (χ2n) is 2.72. The molecule has 2 N–H and O–H groups in total. The van der Waals surface area contributed by atoms with E-state index in [1.807, 2.05) is 0 Å². The molecule has 0 amide bonds. The Balaban J connectivity index is 2.56. The largest absolute Gasteiger partial charge is 0.491 e. The summed E-state index contributed by atoms with van der Waals surface area (Å²) in [5.41, 5.74) is 6.24. The van der Waals surface area contributed by atoms with Gasteiger partial charge in [-0.2, -0.15) is 0 Å². The number of ether oxygens (including phenoxy) is 1. The molecule has 0 aliphatic rings. The molecule has 0 fully saturated rings.